The maximum Gasteiger partial charge on any atom is 0.335 e. The molecule has 1 heterocycles. The molecule has 92 valence electrons. The molecule has 0 amide bonds. The lowest BCUT2D eigenvalue weighted by molar-refractivity contribution is 0.0697. The molecule has 17 heavy (non-hydrogen) atoms. The van der Waals surface area contributed by atoms with Gasteiger partial charge in [-0.1, -0.05) is 6.92 Å². The van der Waals surface area contributed by atoms with Gasteiger partial charge in [0.15, 0.2) is 0 Å². The zero-order valence-electron chi connectivity index (χ0n) is 9.78. The summed E-state index contributed by atoms with van der Waals surface area (Å²) in [5, 5.41) is 8.94. The standard InChI is InChI=1S/C12H14N2O2.ClH/c1-3-4-10-13-9-6-8(12(15)16)5-7(2)11(9)14-10;/h5-6H,3-4H2,1-2H3,(H,13,14)(H,15,16);1H. The van der Waals surface area contributed by atoms with Gasteiger partial charge in [-0.2, -0.15) is 0 Å². The van der Waals surface area contributed by atoms with E-state index >= 15 is 0 Å². The molecule has 0 saturated carbocycles. The summed E-state index contributed by atoms with van der Waals surface area (Å²) in [4.78, 5) is 18.5. The van der Waals surface area contributed by atoms with E-state index in [0.717, 1.165) is 35.3 Å². The van der Waals surface area contributed by atoms with Crippen LogP contribution < -0.4 is 0 Å². The van der Waals surface area contributed by atoms with Crippen molar-refractivity contribution in [2.75, 3.05) is 0 Å². The van der Waals surface area contributed by atoms with E-state index in [1.54, 1.807) is 12.1 Å². The number of aromatic nitrogens is 2. The van der Waals surface area contributed by atoms with Crippen LogP contribution in [-0.2, 0) is 6.42 Å². The van der Waals surface area contributed by atoms with E-state index in [4.69, 9.17) is 5.11 Å². The fourth-order valence-corrected chi connectivity index (χ4v) is 1.82. The van der Waals surface area contributed by atoms with Gasteiger partial charge in [-0.3, -0.25) is 0 Å². The Bertz CT molecular complexity index is 549. The van der Waals surface area contributed by atoms with Crippen molar-refractivity contribution in [3.8, 4) is 0 Å². The number of benzene rings is 1. The molecule has 0 aliphatic heterocycles. The minimum atomic E-state index is -0.906. The van der Waals surface area contributed by atoms with Crippen molar-refractivity contribution in [1.29, 1.82) is 0 Å². The van der Waals surface area contributed by atoms with Crippen LogP contribution in [0.3, 0.4) is 0 Å². The maximum absolute atomic E-state index is 10.9. The smallest absolute Gasteiger partial charge is 0.335 e. The molecule has 4 nitrogen and oxygen atoms in total. The second kappa shape index (κ2) is 5.19. The van der Waals surface area contributed by atoms with Gasteiger partial charge in [0.1, 0.15) is 5.82 Å². The second-order valence-corrected chi connectivity index (χ2v) is 3.93. The number of fused-ring (bicyclic) bond motifs is 1. The Morgan fingerprint density at radius 3 is 2.76 bits per heavy atom. The van der Waals surface area contributed by atoms with Gasteiger partial charge < -0.3 is 10.1 Å². The molecule has 0 radical (unpaired) electrons. The predicted molar refractivity (Wildman–Crippen MR) is 69.0 cm³/mol. The third-order valence-electron chi connectivity index (χ3n) is 2.56. The monoisotopic (exact) mass is 254 g/mol. The van der Waals surface area contributed by atoms with E-state index in [0.29, 0.717) is 5.56 Å². The van der Waals surface area contributed by atoms with E-state index < -0.39 is 5.97 Å². The Morgan fingerprint density at radius 1 is 1.47 bits per heavy atom. The molecule has 0 atom stereocenters. The Labute approximate surface area is 105 Å². The first-order valence-corrected chi connectivity index (χ1v) is 5.34. The zero-order valence-corrected chi connectivity index (χ0v) is 10.6. The highest BCUT2D eigenvalue weighted by Gasteiger charge is 2.10. The maximum atomic E-state index is 10.9. The van der Waals surface area contributed by atoms with Crippen molar-refractivity contribution in [3.63, 3.8) is 0 Å². The van der Waals surface area contributed by atoms with Crippen molar-refractivity contribution in [1.82, 2.24) is 9.97 Å². The Kier molecular flexibility index (Phi) is 4.12. The van der Waals surface area contributed by atoms with Crippen LogP contribution in [0.15, 0.2) is 12.1 Å². The number of halogens is 1. The summed E-state index contributed by atoms with van der Waals surface area (Å²) in [6.45, 7) is 3.97. The van der Waals surface area contributed by atoms with Crippen molar-refractivity contribution >= 4 is 29.4 Å². The highest BCUT2D eigenvalue weighted by atomic mass is 35.5. The summed E-state index contributed by atoms with van der Waals surface area (Å²) in [6.07, 6.45) is 1.90. The molecule has 0 saturated heterocycles. The van der Waals surface area contributed by atoms with E-state index in [9.17, 15) is 4.79 Å². The second-order valence-electron chi connectivity index (χ2n) is 3.93. The fourth-order valence-electron chi connectivity index (χ4n) is 1.82. The molecule has 0 bridgehead atoms. The average Bonchev–Trinajstić information content (AvgIpc) is 2.61. The Hall–Kier alpha value is -1.55. The van der Waals surface area contributed by atoms with Gasteiger partial charge in [0.2, 0.25) is 0 Å². The summed E-state index contributed by atoms with van der Waals surface area (Å²) < 4.78 is 0. The summed E-state index contributed by atoms with van der Waals surface area (Å²) in [5.41, 5.74) is 2.87. The summed E-state index contributed by atoms with van der Waals surface area (Å²) in [5.74, 6) is 0.0137. The number of hydrogen-bond donors (Lipinski definition) is 2. The number of hydrogen-bond acceptors (Lipinski definition) is 2. The summed E-state index contributed by atoms with van der Waals surface area (Å²) in [6, 6.07) is 3.29. The highest BCUT2D eigenvalue weighted by molar-refractivity contribution is 5.93. The molecular weight excluding hydrogens is 240 g/mol. The van der Waals surface area contributed by atoms with Crippen LogP contribution in [0, 0.1) is 6.92 Å². The van der Waals surface area contributed by atoms with E-state index in [1.807, 2.05) is 6.92 Å². The molecule has 0 aliphatic carbocycles. The number of rotatable bonds is 3. The number of nitrogens with zero attached hydrogens (tertiary/aromatic N) is 1. The number of carboxylic acid groups (broad SMARTS) is 1. The number of carbonyl (C=O) groups is 1. The minimum absolute atomic E-state index is 0. The Balaban J connectivity index is 0.00000144. The lowest BCUT2D eigenvalue weighted by Gasteiger charge is -1.97. The van der Waals surface area contributed by atoms with Crippen LogP contribution in [-0.4, -0.2) is 21.0 Å². The first kappa shape index (κ1) is 13.5. The quantitative estimate of drug-likeness (QED) is 0.885. The highest BCUT2D eigenvalue weighted by Crippen LogP contribution is 2.19. The third kappa shape index (κ3) is 2.58. The van der Waals surface area contributed by atoms with Gasteiger partial charge in [0.05, 0.1) is 16.6 Å². The molecule has 0 unspecified atom stereocenters. The molecule has 2 aromatic rings. The fraction of sp³-hybridized carbons (Fsp3) is 0.333. The largest absolute Gasteiger partial charge is 0.478 e. The van der Waals surface area contributed by atoms with Gasteiger partial charge in [0.25, 0.3) is 0 Å². The van der Waals surface area contributed by atoms with Gasteiger partial charge in [-0.05, 0) is 31.0 Å². The molecule has 2 rings (SSSR count). The van der Waals surface area contributed by atoms with Crippen LogP contribution in [0.1, 0.15) is 35.1 Å². The lowest BCUT2D eigenvalue weighted by atomic mass is 10.1. The Morgan fingerprint density at radius 2 is 2.18 bits per heavy atom. The number of aryl methyl sites for hydroxylation is 2. The number of H-pyrrole nitrogens is 1. The molecule has 0 fully saturated rings. The number of aromatic carboxylic acids is 1. The van der Waals surface area contributed by atoms with Crippen LogP contribution in [0.25, 0.3) is 11.0 Å². The van der Waals surface area contributed by atoms with Gasteiger partial charge in [0, 0.05) is 6.42 Å². The lowest BCUT2D eigenvalue weighted by Crippen LogP contribution is -1.96. The van der Waals surface area contributed by atoms with Crippen molar-refractivity contribution in [2.45, 2.75) is 26.7 Å². The topological polar surface area (TPSA) is 66.0 Å². The van der Waals surface area contributed by atoms with Gasteiger partial charge in [-0.25, -0.2) is 9.78 Å². The zero-order chi connectivity index (χ0) is 11.7. The molecule has 5 heteroatoms. The minimum Gasteiger partial charge on any atom is -0.478 e. The molecule has 1 aromatic carbocycles. The van der Waals surface area contributed by atoms with Crippen molar-refractivity contribution in [2.24, 2.45) is 0 Å². The van der Waals surface area contributed by atoms with E-state index in [1.165, 1.54) is 0 Å². The molecule has 1 aromatic heterocycles. The van der Waals surface area contributed by atoms with Gasteiger partial charge in [-0.15, -0.1) is 12.4 Å². The van der Waals surface area contributed by atoms with Crippen molar-refractivity contribution < 1.29 is 9.90 Å². The third-order valence-corrected chi connectivity index (χ3v) is 2.56. The number of nitrogens with one attached hydrogen (secondary N) is 1. The normalized spacial score (nSPS) is 10.2. The number of imidazole rings is 1. The number of aromatic amines is 1. The van der Waals surface area contributed by atoms with Crippen LogP contribution >= 0.6 is 12.4 Å². The van der Waals surface area contributed by atoms with Gasteiger partial charge >= 0.3 is 5.97 Å². The molecule has 0 spiro atoms. The molecule has 2 N–H and O–H groups in total. The average molecular weight is 255 g/mol. The summed E-state index contributed by atoms with van der Waals surface area (Å²) in [7, 11) is 0. The first-order valence-electron chi connectivity index (χ1n) is 5.34. The molecular formula is C12H15ClN2O2. The van der Waals surface area contributed by atoms with Crippen LogP contribution in [0.5, 0.6) is 0 Å². The molecule has 0 aliphatic rings. The number of carboxylic acids is 1. The van der Waals surface area contributed by atoms with E-state index in [2.05, 4.69) is 16.9 Å². The van der Waals surface area contributed by atoms with Crippen LogP contribution in [0.2, 0.25) is 0 Å². The van der Waals surface area contributed by atoms with Crippen molar-refractivity contribution in [3.05, 3.63) is 29.1 Å². The van der Waals surface area contributed by atoms with E-state index in [-0.39, 0.29) is 12.4 Å². The van der Waals surface area contributed by atoms with Crippen LogP contribution in [0.4, 0.5) is 0 Å². The summed E-state index contributed by atoms with van der Waals surface area (Å²) >= 11 is 0. The predicted octanol–water partition coefficient (Wildman–Crippen LogP) is 2.94. The SMILES string of the molecule is CCCc1nc2c(C)cc(C(=O)O)cc2[nH]1.Cl. The first-order chi connectivity index (χ1) is 7.61.